The topological polar surface area (TPSA) is 52.6 Å². The van der Waals surface area contributed by atoms with Crippen molar-refractivity contribution >= 4 is 35.5 Å². The summed E-state index contributed by atoms with van der Waals surface area (Å²) in [6.45, 7) is 11.4. The van der Waals surface area contributed by atoms with Crippen LogP contribution in [-0.2, 0) is 19.1 Å². The van der Waals surface area contributed by atoms with E-state index >= 15 is 0 Å². The monoisotopic (exact) mass is 378 g/mol. The van der Waals surface area contributed by atoms with Crippen molar-refractivity contribution in [1.82, 2.24) is 0 Å². The van der Waals surface area contributed by atoms with Crippen molar-refractivity contribution in [3.63, 3.8) is 0 Å². The molecule has 0 radical (unpaired) electrons. The van der Waals surface area contributed by atoms with E-state index in [1.54, 1.807) is 23.5 Å². The summed E-state index contributed by atoms with van der Waals surface area (Å²) in [5.74, 6) is 0.946. The molecule has 2 unspecified atom stereocenters. The van der Waals surface area contributed by atoms with Crippen LogP contribution < -0.4 is 0 Å². The van der Waals surface area contributed by atoms with E-state index in [0.717, 1.165) is 11.5 Å². The third kappa shape index (κ3) is 9.82. The minimum absolute atomic E-state index is 0.113. The van der Waals surface area contributed by atoms with E-state index in [4.69, 9.17) is 9.47 Å². The lowest BCUT2D eigenvalue weighted by Gasteiger charge is -2.32. The van der Waals surface area contributed by atoms with Gasteiger partial charge in [-0.3, -0.25) is 9.59 Å². The molecule has 0 aliphatic carbocycles. The molecule has 2 atom stereocenters. The van der Waals surface area contributed by atoms with Gasteiger partial charge in [-0.1, -0.05) is 13.8 Å². The van der Waals surface area contributed by atoms with Crippen LogP contribution in [0.25, 0.3) is 0 Å². The van der Waals surface area contributed by atoms with Gasteiger partial charge in [-0.25, -0.2) is 0 Å². The van der Waals surface area contributed by atoms with Crippen molar-refractivity contribution < 1.29 is 19.1 Å². The molecule has 0 aromatic rings. The second kappa shape index (κ2) is 10.6. The van der Waals surface area contributed by atoms with Crippen LogP contribution in [0, 0.1) is 11.8 Å². The van der Waals surface area contributed by atoms with Crippen molar-refractivity contribution in [2.75, 3.05) is 24.0 Å². The predicted octanol–water partition coefficient (Wildman–Crippen LogP) is 4.41. The third-order valence-corrected chi connectivity index (χ3v) is 5.39. The molecular formula is C18H34O4S2. The zero-order valence-electron chi connectivity index (χ0n) is 16.4. The molecule has 0 saturated heterocycles. The summed E-state index contributed by atoms with van der Waals surface area (Å²) in [6, 6.07) is 0. The molecule has 142 valence electrons. The Balaban J connectivity index is 4.51. The van der Waals surface area contributed by atoms with Crippen molar-refractivity contribution in [3.8, 4) is 0 Å². The number of carbonyl (C=O) groups is 2. The number of ether oxygens (including phenoxy) is 2. The average molecular weight is 379 g/mol. The van der Waals surface area contributed by atoms with E-state index in [2.05, 4.69) is 0 Å². The quantitative estimate of drug-likeness (QED) is 0.496. The SMILES string of the molecule is CSCC(C)C(=O)OC(C)(C)CCC(C)(C)OC(=O)C(C)CSC. The molecular weight excluding hydrogens is 344 g/mol. The number of carbonyl (C=O) groups excluding carboxylic acids is 2. The molecule has 0 heterocycles. The maximum absolute atomic E-state index is 12.1. The lowest BCUT2D eigenvalue weighted by Crippen LogP contribution is -2.36. The first-order valence-electron chi connectivity index (χ1n) is 8.37. The molecule has 0 N–H and O–H groups in total. The highest BCUT2D eigenvalue weighted by Gasteiger charge is 2.31. The maximum atomic E-state index is 12.1. The molecule has 4 nitrogen and oxygen atoms in total. The molecule has 0 bridgehead atoms. The van der Waals surface area contributed by atoms with Crippen molar-refractivity contribution in [2.24, 2.45) is 11.8 Å². The fourth-order valence-electron chi connectivity index (χ4n) is 2.09. The zero-order valence-corrected chi connectivity index (χ0v) is 18.1. The number of esters is 2. The van der Waals surface area contributed by atoms with Gasteiger partial charge in [0.05, 0.1) is 11.8 Å². The molecule has 0 aromatic heterocycles. The molecule has 0 aliphatic rings. The zero-order chi connectivity index (χ0) is 19.0. The van der Waals surface area contributed by atoms with Gasteiger partial charge in [0.15, 0.2) is 0 Å². The summed E-state index contributed by atoms with van der Waals surface area (Å²) < 4.78 is 11.3. The Morgan fingerprint density at radius 2 is 1.08 bits per heavy atom. The van der Waals surface area contributed by atoms with E-state index in [1.807, 2.05) is 54.1 Å². The standard InChI is InChI=1S/C18H34O4S2/c1-13(11-23-7)15(19)21-17(3,4)9-10-18(5,6)22-16(20)14(2)12-24-8/h13-14H,9-12H2,1-8H3. The van der Waals surface area contributed by atoms with Crippen LogP contribution in [0.5, 0.6) is 0 Å². The van der Waals surface area contributed by atoms with Gasteiger partial charge in [0.2, 0.25) is 0 Å². The third-order valence-electron chi connectivity index (χ3n) is 3.72. The van der Waals surface area contributed by atoms with Gasteiger partial charge in [0.25, 0.3) is 0 Å². The Bertz CT molecular complexity index is 370. The molecule has 0 amide bonds. The van der Waals surface area contributed by atoms with Gasteiger partial charge in [-0.2, -0.15) is 23.5 Å². The van der Waals surface area contributed by atoms with E-state index in [9.17, 15) is 9.59 Å². The average Bonchev–Trinajstić information content (AvgIpc) is 2.45. The molecule has 0 aliphatic heterocycles. The Labute approximate surface area is 156 Å². The van der Waals surface area contributed by atoms with Crippen molar-refractivity contribution in [1.29, 1.82) is 0 Å². The Morgan fingerprint density at radius 3 is 1.33 bits per heavy atom. The van der Waals surface area contributed by atoms with Gasteiger partial charge < -0.3 is 9.47 Å². The van der Waals surface area contributed by atoms with Crippen LogP contribution in [0.2, 0.25) is 0 Å². The minimum atomic E-state index is -0.571. The van der Waals surface area contributed by atoms with E-state index < -0.39 is 11.2 Å². The lowest BCUT2D eigenvalue weighted by atomic mass is 9.93. The Kier molecular flexibility index (Phi) is 10.4. The van der Waals surface area contributed by atoms with Gasteiger partial charge in [-0.05, 0) is 53.0 Å². The lowest BCUT2D eigenvalue weighted by molar-refractivity contribution is -0.167. The second-order valence-corrected chi connectivity index (χ2v) is 9.40. The van der Waals surface area contributed by atoms with Crippen LogP contribution in [0.15, 0.2) is 0 Å². The highest BCUT2D eigenvalue weighted by molar-refractivity contribution is 7.98. The summed E-state index contributed by atoms with van der Waals surface area (Å²) in [5, 5.41) is 0. The number of hydrogen-bond donors (Lipinski definition) is 0. The fraction of sp³-hybridized carbons (Fsp3) is 0.889. The highest BCUT2D eigenvalue weighted by Crippen LogP contribution is 2.27. The van der Waals surface area contributed by atoms with Gasteiger partial charge >= 0.3 is 11.9 Å². The van der Waals surface area contributed by atoms with Crippen LogP contribution >= 0.6 is 23.5 Å². The summed E-state index contributed by atoms with van der Waals surface area (Å²) in [6.07, 6.45) is 5.23. The second-order valence-electron chi connectivity index (χ2n) is 7.57. The summed E-state index contributed by atoms with van der Waals surface area (Å²) in [7, 11) is 0. The van der Waals surface area contributed by atoms with E-state index in [0.29, 0.717) is 12.8 Å². The van der Waals surface area contributed by atoms with Gasteiger partial charge in [-0.15, -0.1) is 0 Å². The van der Waals surface area contributed by atoms with Crippen molar-refractivity contribution in [2.45, 2.75) is 65.6 Å². The maximum Gasteiger partial charge on any atom is 0.310 e. The number of hydrogen-bond acceptors (Lipinski definition) is 6. The molecule has 0 aromatic carbocycles. The largest absolute Gasteiger partial charge is 0.459 e. The van der Waals surface area contributed by atoms with E-state index in [-0.39, 0.29) is 23.8 Å². The summed E-state index contributed by atoms with van der Waals surface area (Å²) >= 11 is 3.27. The molecule has 0 fully saturated rings. The molecule has 6 heteroatoms. The molecule has 0 saturated carbocycles. The van der Waals surface area contributed by atoms with Crippen molar-refractivity contribution in [3.05, 3.63) is 0 Å². The predicted molar refractivity (Wildman–Crippen MR) is 105 cm³/mol. The van der Waals surface area contributed by atoms with Gasteiger partial charge in [0, 0.05) is 11.5 Å². The van der Waals surface area contributed by atoms with Crippen LogP contribution in [0.4, 0.5) is 0 Å². The highest BCUT2D eigenvalue weighted by atomic mass is 32.2. The van der Waals surface area contributed by atoms with Gasteiger partial charge in [0.1, 0.15) is 11.2 Å². The molecule has 24 heavy (non-hydrogen) atoms. The Hall–Kier alpha value is -0.360. The molecule has 0 rings (SSSR count). The number of thioether (sulfide) groups is 2. The summed E-state index contributed by atoms with van der Waals surface area (Å²) in [5.41, 5.74) is -1.14. The smallest absolute Gasteiger partial charge is 0.310 e. The van der Waals surface area contributed by atoms with E-state index in [1.165, 1.54) is 0 Å². The summed E-state index contributed by atoms with van der Waals surface area (Å²) in [4.78, 5) is 24.2. The first-order chi connectivity index (χ1) is 10.9. The minimum Gasteiger partial charge on any atom is -0.459 e. The first-order valence-corrected chi connectivity index (χ1v) is 11.2. The van der Waals surface area contributed by atoms with Crippen LogP contribution in [0.3, 0.4) is 0 Å². The fourth-order valence-corrected chi connectivity index (χ4v) is 3.36. The first kappa shape index (κ1) is 23.6. The van der Waals surface area contributed by atoms with Crippen LogP contribution in [-0.4, -0.2) is 47.2 Å². The molecule has 0 spiro atoms. The number of rotatable bonds is 11. The van der Waals surface area contributed by atoms with Crippen LogP contribution in [0.1, 0.15) is 54.4 Å². The normalized spacial score (nSPS) is 14.8. The Morgan fingerprint density at radius 1 is 0.792 bits per heavy atom.